The summed E-state index contributed by atoms with van der Waals surface area (Å²) in [5.41, 5.74) is 0. The molecule has 0 saturated carbocycles. The van der Waals surface area contributed by atoms with Gasteiger partial charge in [0, 0.05) is 13.0 Å². The van der Waals surface area contributed by atoms with Gasteiger partial charge in [0.05, 0.1) is 18.0 Å². The first-order chi connectivity index (χ1) is 9.30. The molecular formula is C13H20N4OS. The van der Waals surface area contributed by atoms with Gasteiger partial charge in [0.25, 0.3) is 0 Å². The van der Waals surface area contributed by atoms with E-state index in [-0.39, 0.29) is 6.04 Å². The van der Waals surface area contributed by atoms with Crippen LogP contribution in [0, 0.1) is 0 Å². The minimum Gasteiger partial charge on any atom is -0.496 e. The van der Waals surface area contributed by atoms with Crippen molar-refractivity contribution in [3.05, 3.63) is 28.5 Å². The van der Waals surface area contributed by atoms with Crippen molar-refractivity contribution in [2.24, 2.45) is 0 Å². The Morgan fingerprint density at radius 2 is 2.32 bits per heavy atom. The Kier molecular flexibility index (Phi) is 4.93. The molecule has 0 radical (unpaired) electrons. The minimum absolute atomic E-state index is 0.217. The second-order valence-electron chi connectivity index (χ2n) is 4.16. The fourth-order valence-electron chi connectivity index (χ4n) is 2.13. The molecule has 0 spiro atoms. The van der Waals surface area contributed by atoms with Crippen LogP contribution >= 0.6 is 11.3 Å². The summed E-state index contributed by atoms with van der Waals surface area (Å²) in [4.78, 5) is 5.57. The third-order valence-electron chi connectivity index (χ3n) is 3.03. The molecule has 6 heteroatoms. The van der Waals surface area contributed by atoms with Gasteiger partial charge >= 0.3 is 0 Å². The maximum Gasteiger partial charge on any atom is 0.138 e. The highest BCUT2D eigenvalue weighted by atomic mass is 32.1. The Balaban J connectivity index is 2.21. The standard InChI is InChI=1S/C13H20N4OS/c1-4-14-10(13-11(18-3)6-7-19-13)8-12-15-9-16-17(12)5-2/h6-7,9-10,14H,4-5,8H2,1-3H3. The number of nitrogens with one attached hydrogen (secondary N) is 1. The van der Waals surface area contributed by atoms with E-state index >= 15 is 0 Å². The molecule has 0 saturated heterocycles. The van der Waals surface area contributed by atoms with Gasteiger partial charge in [-0.05, 0) is 24.9 Å². The van der Waals surface area contributed by atoms with Crippen LogP contribution in [0.5, 0.6) is 5.75 Å². The summed E-state index contributed by atoms with van der Waals surface area (Å²) in [6.07, 6.45) is 2.44. The molecule has 1 unspecified atom stereocenters. The number of rotatable bonds is 7. The van der Waals surface area contributed by atoms with E-state index in [1.807, 2.05) is 10.7 Å². The highest BCUT2D eigenvalue weighted by Gasteiger charge is 2.19. The number of likely N-dealkylation sites (N-methyl/N-ethyl adjacent to an activating group) is 1. The molecular weight excluding hydrogens is 260 g/mol. The summed E-state index contributed by atoms with van der Waals surface area (Å²) in [6.45, 7) is 5.94. The summed E-state index contributed by atoms with van der Waals surface area (Å²) in [5, 5.41) is 9.78. The maximum atomic E-state index is 5.42. The van der Waals surface area contributed by atoms with Crippen molar-refractivity contribution in [1.29, 1.82) is 0 Å². The highest BCUT2D eigenvalue weighted by Crippen LogP contribution is 2.32. The second kappa shape index (κ2) is 6.68. The topological polar surface area (TPSA) is 52.0 Å². The van der Waals surface area contributed by atoms with Gasteiger partial charge < -0.3 is 10.1 Å². The first-order valence-corrected chi connectivity index (χ1v) is 7.39. The minimum atomic E-state index is 0.217. The molecule has 2 heterocycles. The first kappa shape index (κ1) is 14.0. The van der Waals surface area contributed by atoms with Crippen LogP contribution < -0.4 is 10.1 Å². The molecule has 0 fully saturated rings. The van der Waals surface area contributed by atoms with Crippen LogP contribution in [0.3, 0.4) is 0 Å². The van der Waals surface area contributed by atoms with Crippen molar-refractivity contribution < 1.29 is 4.74 Å². The SMILES string of the molecule is CCNC(Cc1ncnn1CC)c1sccc1OC. The van der Waals surface area contributed by atoms with Crippen LogP contribution in [0.1, 0.15) is 30.6 Å². The first-order valence-electron chi connectivity index (χ1n) is 6.51. The average Bonchev–Trinajstić information content (AvgIpc) is 3.06. The van der Waals surface area contributed by atoms with E-state index in [2.05, 4.69) is 34.6 Å². The van der Waals surface area contributed by atoms with Crippen molar-refractivity contribution in [2.75, 3.05) is 13.7 Å². The molecule has 2 aromatic rings. The number of thiophene rings is 1. The third-order valence-corrected chi connectivity index (χ3v) is 4.04. The van der Waals surface area contributed by atoms with Gasteiger partial charge in [0.1, 0.15) is 17.9 Å². The Morgan fingerprint density at radius 3 is 3.00 bits per heavy atom. The van der Waals surface area contributed by atoms with Crippen molar-refractivity contribution in [2.45, 2.75) is 32.9 Å². The van der Waals surface area contributed by atoms with Crippen LogP contribution in [-0.4, -0.2) is 28.4 Å². The number of hydrogen-bond acceptors (Lipinski definition) is 5. The third kappa shape index (κ3) is 3.13. The van der Waals surface area contributed by atoms with Gasteiger partial charge in [-0.3, -0.25) is 4.68 Å². The number of nitrogens with zero attached hydrogens (tertiary/aromatic N) is 3. The predicted molar refractivity (Wildman–Crippen MR) is 76.7 cm³/mol. The van der Waals surface area contributed by atoms with E-state index in [4.69, 9.17) is 4.74 Å². The zero-order chi connectivity index (χ0) is 13.7. The van der Waals surface area contributed by atoms with Crippen LogP contribution in [0.4, 0.5) is 0 Å². The average molecular weight is 280 g/mol. The van der Waals surface area contributed by atoms with Gasteiger partial charge in [0.15, 0.2) is 0 Å². The lowest BCUT2D eigenvalue weighted by molar-refractivity contribution is 0.401. The second-order valence-corrected chi connectivity index (χ2v) is 5.11. The number of aryl methyl sites for hydroxylation is 1. The molecule has 0 bridgehead atoms. The summed E-state index contributed by atoms with van der Waals surface area (Å²) < 4.78 is 7.35. The van der Waals surface area contributed by atoms with Gasteiger partial charge in [0.2, 0.25) is 0 Å². The molecule has 104 valence electrons. The van der Waals surface area contributed by atoms with Crippen molar-refractivity contribution in [3.63, 3.8) is 0 Å². The fourth-order valence-corrected chi connectivity index (χ4v) is 3.07. The molecule has 0 aliphatic rings. The quantitative estimate of drug-likeness (QED) is 0.845. The van der Waals surface area contributed by atoms with E-state index < -0.39 is 0 Å². The molecule has 2 aromatic heterocycles. The number of ether oxygens (including phenoxy) is 1. The van der Waals surface area contributed by atoms with Gasteiger partial charge in [-0.1, -0.05) is 6.92 Å². The molecule has 0 amide bonds. The number of aromatic nitrogens is 3. The van der Waals surface area contributed by atoms with Crippen LogP contribution in [0.25, 0.3) is 0 Å². The lowest BCUT2D eigenvalue weighted by Crippen LogP contribution is -2.24. The van der Waals surface area contributed by atoms with Gasteiger partial charge in [-0.25, -0.2) is 4.98 Å². The van der Waals surface area contributed by atoms with E-state index in [1.165, 1.54) is 4.88 Å². The smallest absolute Gasteiger partial charge is 0.138 e. The van der Waals surface area contributed by atoms with E-state index in [0.29, 0.717) is 0 Å². The zero-order valence-electron chi connectivity index (χ0n) is 11.6. The van der Waals surface area contributed by atoms with E-state index in [0.717, 1.165) is 31.1 Å². The van der Waals surface area contributed by atoms with Crippen LogP contribution in [0.15, 0.2) is 17.8 Å². The normalized spacial score (nSPS) is 12.6. The van der Waals surface area contributed by atoms with Gasteiger partial charge in [-0.2, -0.15) is 5.10 Å². The lowest BCUT2D eigenvalue weighted by atomic mass is 10.1. The maximum absolute atomic E-state index is 5.42. The summed E-state index contributed by atoms with van der Waals surface area (Å²) >= 11 is 1.71. The zero-order valence-corrected chi connectivity index (χ0v) is 12.4. The molecule has 1 atom stereocenters. The molecule has 5 nitrogen and oxygen atoms in total. The molecule has 0 aliphatic heterocycles. The predicted octanol–water partition coefficient (Wildman–Crippen LogP) is 2.26. The van der Waals surface area contributed by atoms with Crippen LogP contribution in [0.2, 0.25) is 0 Å². The van der Waals surface area contributed by atoms with Crippen molar-refractivity contribution >= 4 is 11.3 Å². The Bertz CT molecular complexity index is 508. The van der Waals surface area contributed by atoms with Gasteiger partial charge in [-0.15, -0.1) is 11.3 Å². The van der Waals surface area contributed by atoms with E-state index in [9.17, 15) is 0 Å². The molecule has 0 aromatic carbocycles. The number of methoxy groups -OCH3 is 1. The highest BCUT2D eigenvalue weighted by molar-refractivity contribution is 7.10. The molecule has 19 heavy (non-hydrogen) atoms. The lowest BCUT2D eigenvalue weighted by Gasteiger charge is -2.17. The van der Waals surface area contributed by atoms with E-state index in [1.54, 1.807) is 24.8 Å². The number of hydrogen-bond donors (Lipinski definition) is 1. The summed E-state index contributed by atoms with van der Waals surface area (Å²) in [7, 11) is 1.71. The largest absolute Gasteiger partial charge is 0.496 e. The Morgan fingerprint density at radius 1 is 1.47 bits per heavy atom. The molecule has 2 rings (SSSR count). The molecule has 1 N–H and O–H groups in total. The van der Waals surface area contributed by atoms with Crippen molar-refractivity contribution in [3.8, 4) is 5.75 Å². The summed E-state index contributed by atoms with van der Waals surface area (Å²) in [6, 6.07) is 2.23. The molecule has 0 aliphatic carbocycles. The fraction of sp³-hybridized carbons (Fsp3) is 0.538. The van der Waals surface area contributed by atoms with Crippen LogP contribution in [-0.2, 0) is 13.0 Å². The van der Waals surface area contributed by atoms with Crippen molar-refractivity contribution in [1.82, 2.24) is 20.1 Å². The Labute approximate surface area is 117 Å². The monoisotopic (exact) mass is 280 g/mol. The Hall–Kier alpha value is -1.40. The summed E-state index contributed by atoms with van der Waals surface area (Å²) in [5.74, 6) is 1.95.